The molecule has 2 N–H and O–H groups in total. The molecule has 0 heterocycles. The highest BCUT2D eigenvalue weighted by Crippen LogP contribution is 2.18. The van der Waals surface area contributed by atoms with Gasteiger partial charge in [-0.05, 0) is 23.3 Å². The molecule has 0 saturated heterocycles. The predicted molar refractivity (Wildman–Crippen MR) is 87.6 cm³/mol. The molecule has 0 atom stereocenters. The average Bonchev–Trinajstić information content (AvgIpc) is 2.57. The highest BCUT2D eigenvalue weighted by Gasteiger charge is 2.26. The predicted octanol–water partition coefficient (Wildman–Crippen LogP) is 3.13. The lowest BCUT2D eigenvalue weighted by molar-refractivity contribution is -0.192. The van der Waals surface area contributed by atoms with Crippen LogP contribution in [0.15, 0.2) is 48.5 Å². The summed E-state index contributed by atoms with van der Waals surface area (Å²) >= 11 is 11.9. The van der Waals surface area contributed by atoms with Crippen molar-refractivity contribution in [1.82, 2.24) is 10.1 Å². The number of carbonyl (C=O) groups is 2. The summed E-state index contributed by atoms with van der Waals surface area (Å²) in [4.78, 5) is 23.8. The standard InChI is InChI=1S/C16H14Cl2N2O4/c17-13-7-3-1-5-11(13)9-19(23)15(21)16(22)20(24)10-12-6-2-4-8-14(12)18/h1-8,23-24H,9-10H2. The number of carbonyl (C=O) groups excluding carboxylic acids is 2. The van der Waals surface area contributed by atoms with Crippen molar-refractivity contribution < 1.29 is 20.0 Å². The van der Waals surface area contributed by atoms with Gasteiger partial charge in [-0.3, -0.25) is 20.0 Å². The lowest BCUT2D eigenvalue weighted by Gasteiger charge is -2.19. The van der Waals surface area contributed by atoms with Gasteiger partial charge in [0.1, 0.15) is 0 Å². The SMILES string of the molecule is O=C(C(=O)N(O)Cc1ccccc1Cl)N(O)Cc1ccccc1Cl. The van der Waals surface area contributed by atoms with Gasteiger partial charge in [0.2, 0.25) is 0 Å². The van der Waals surface area contributed by atoms with E-state index < -0.39 is 11.8 Å². The van der Waals surface area contributed by atoms with Crippen LogP contribution < -0.4 is 0 Å². The molecular formula is C16H14Cl2N2O4. The molecule has 0 aliphatic carbocycles. The normalized spacial score (nSPS) is 10.3. The van der Waals surface area contributed by atoms with Gasteiger partial charge >= 0.3 is 11.8 Å². The van der Waals surface area contributed by atoms with Crippen molar-refractivity contribution in [2.75, 3.05) is 0 Å². The lowest BCUT2D eigenvalue weighted by Crippen LogP contribution is -2.42. The van der Waals surface area contributed by atoms with Crippen molar-refractivity contribution in [2.24, 2.45) is 0 Å². The Balaban J connectivity index is 2.01. The highest BCUT2D eigenvalue weighted by atomic mass is 35.5. The average molecular weight is 369 g/mol. The van der Waals surface area contributed by atoms with Crippen molar-refractivity contribution >= 4 is 35.0 Å². The summed E-state index contributed by atoms with van der Waals surface area (Å²) in [6.45, 7) is -0.575. The van der Waals surface area contributed by atoms with E-state index in [0.29, 0.717) is 21.2 Å². The maximum Gasteiger partial charge on any atom is 0.337 e. The third-order valence-electron chi connectivity index (χ3n) is 3.21. The number of hydrogen-bond acceptors (Lipinski definition) is 4. The van der Waals surface area contributed by atoms with Gasteiger partial charge in [0, 0.05) is 10.0 Å². The second-order valence-electron chi connectivity index (χ2n) is 4.91. The fraction of sp³-hybridized carbons (Fsp3) is 0.125. The Hall–Kier alpha value is -2.12. The van der Waals surface area contributed by atoms with E-state index in [4.69, 9.17) is 23.2 Å². The summed E-state index contributed by atoms with van der Waals surface area (Å²) in [5, 5.41) is 20.6. The van der Waals surface area contributed by atoms with Crippen LogP contribution in [0.25, 0.3) is 0 Å². The largest absolute Gasteiger partial charge is 0.337 e. The minimum atomic E-state index is -1.29. The molecule has 126 valence electrons. The molecule has 2 amide bonds. The minimum absolute atomic E-state index is 0.194. The zero-order valence-electron chi connectivity index (χ0n) is 12.4. The van der Waals surface area contributed by atoms with E-state index in [1.807, 2.05) is 0 Å². The smallest absolute Gasteiger partial charge is 0.285 e. The molecule has 2 rings (SSSR count). The third-order valence-corrected chi connectivity index (χ3v) is 3.95. The molecule has 0 aliphatic heterocycles. The van der Waals surface area contributed by atoms with Crippen LogP contribution in [0, 0.1) is 0 Å². The monoisotopic (exact) mass is 368 g/mol. The van der Waals surface area contributed by atoms with Crippen molar-refractivity contribution in [3.8, 4) is 0 Å². The van der Waals surface area contributed by atoms with E-state index in [0.717, 1.165) is 0 Å². The Labute approximate surface area is 148 Å². The summed E-state index contributed by atoms with van der Waals surface area (Å²) in [6, 6.07) is 13.1. The number of nitrogens with zero attached hydrogens (tertiary/aromatic N) is 2. The van der Waals surface area contributed by atoms with Crippen LogP contribution in [-0.4, -0.2) is 32.4 Å². The fourth-order valence-electron chi connectivity index (χ4n) is 1.94. The van der Waals surface area contributed by atoms with Gasteiger partial charge < -0.3 is 0 Å². The van der Waals surface area contributed by atoms with Crippen LogP contribution >= 0.6 is 23.2 Å². The molecule has 0 fully saturated rings. The minimum Gasteiger partial charge on any atom is -0.285 e. The first-order valence-electron chi connectivity index (χ1n) is 6.88. The number of halogens is 2. The van der Waals surface area contributed by atoms with Crippen molar-refractivity contribution in [2.45, 2.75) is 13.1 Å². The summed E-state index contributed by atoms with van der Waals surface area (Å²) < 4.78 is 0. The lowest BCUT2D eigenvalue weighted by atomic mass is 10.2. The Bertz CT molecular complexity index is 691. The molecule has 0 unspecified atom stereocenters. The van der Waals surface area contributed by atoms with Crippen LogP contribution in [0.5, 0.6) is 0 Å². The topological polar surface area (TPSA) is 81.1 Å². The molecule has 0 saturated carbocycles. The van der Waals surface area contributed by atoms with Gasteiger partial charge in [-0.1, -0.05) is 59.6 Å². The summed E-state index contributed by atoms with van der Waals surface area (Å²) in [7, 11) is 0. The summed E-state index contributed by atoms with van der Waals surface area (Å²) in [5.41, 5.74) is 0.914. The maximum atomic E-state index is 11.9. The molecule has 0 radical (unpaired) electrons. The van der Waals surface area contributed by atoms with Gasteiger partial charge in [-0.2, -0.15) is 0 Å². The Kier molecular flexibility index (Phi) is 6.16. The number of benzene rings is 2. The van der Waals surface area contributed by atoms with E-state index in [9.17, 15) is 20.0 Å². The number of rotatable bonds is 4. The number of hydrogen-bond donors (Lipinski definition) is 2. The molecule has 6 nitrogen and oxygen atoms in total. The van der Waals surface area contributed by atoms with E-state index in [-0.39, 0.29) is 23.2 Å². The summed E-state index contributed by atoms with van der Waals surface area (Å²) in [6.07, 6.45) is 0. The number of hydroxylamine groups is 4. The van der Waals surface area contributed by atoms with Gasteiger partial charge in [0.05, 0.1) is 13.1 Å². The first-order chi connectivity index (χ1) is 11.4. The van der Waals surface area contributed by atoms with Gasteiger partial charge in [-0.25, -0.2) is 10.1 Å². The Morgan fingerprint density at radius 2 is 1.08 bits per heavy atom. The first kappa shape index (κ1) is 18.2. The highest BCUT2D eigenvalue weighted by molar-refractivity contribution is 6.34. The fourth-order valence-corrected chi connectivity index (χ4v) is 2.33. The molecule has 2 aromatic rings. The van der Waals surface area contributed by atoms with Gasteiger partial charge in [-0.15, -0.1) is 0 Å². The van der Waals surface area contributed by atoms with E-state index in [1.165, 1.54) is 0 Å². The van der Waals surface area contributed by atoms with E-state index >= 15 is 0 Å². The van der Waals surface area contributed by atoms with Crippen LogP contribution in [0.1, 0.15) is 11.1 Å². The maximum absolute atomic E-state index is 11.9. The molecule has 0 bridgehead atoms. The van der Waals surface area contributed by atoms with E-state index in [2.05, 4.69) is 0 Å². The van der Waals surface area contributed by atoms with Crippen LogP contribution in [0.3, 0.4) is 0 Å². The third kappa shape index (κ3) is 4.46. The first-order valence-corrected chi connectivity index (χ1v) is 7.63. The molecule has 0 aliphatic rings. The molecule has 0 spiro atoms. The van der Waals surface area contributed by atoms with Crippen LogP contribution in [-0.2, 0) is 22.7 Å². The van der Waals surface area contributed by atoms with Crippen molar-refractivity contribution in [3.63, 3.8) is 0 Å². The number of amides is 2. The zero-order chi connectivity index (χ0) is 17.7. The molecule has 24 heavy (non-hydrogen) atoms. The Morgan fingerprint density at radius 1 is 0.750 bits per heavy atom. The van der Waals surface area contributed by atoms with E-state index in [1.54, 1.807) is 48.5 Å². The second-order valence-corrected chi connectivity index (χ2v) is 5.72. The summed E-state index contributed by atoms with van der Waals surface area (Å²) in [5.74, 6) is -2.58. The van der Waals surface area contributed by atoms with Crippen LogP contribution in [0.2, 0.25) is 10.0 Å². The molecular weight excluding hydrogens is 355 g/mol. The second kappa shape index (κ2) is 8.12. The molecule has 8 heteroatoms. The van der Waals surface area contributed by atoms with Gasteiger partial charge in [0.25, 0.3) is 0 Å². The molecule has 2 aromatic carbocycles. The van der Waals surface area contributed by atoms with Crippen LogP contribution in [0.4, 0.5) is 0 Å². The van der Waals surface area contributed by atoms with Gasteiger partial charge in [0.15, 0.2) is 0 Å². The zero-order valence-corrected chi connectivity index (χ0v) is 13.9. The van der Waals surface area contributed by atoms with Crippen molar-refractivity contribution in [3.05, 3.63) is 69.7 Å². The van der Waals surface area contributed by atoms with Crippen molar-refractivity contribution in [1.29, 1.82) is 0 Å². The molecule has 0 aromatic heterocycles. The Morgan fingerprint density at radius 3 is 1.42 bits per heavy atom. The quantitative estimate of drug-likeness (QED) is 0.493.